The maximum Gasteiger partial charge on any atom is 0.163 e. The molecule has 2 rings (SSSR count). The van der Waals surface area contributed by atoms with Crippen molar-refractivity contribution in [2.24, 2.45) is 0 Å². The standard InChI is InChI=1S/C14H19N3/c15-11-14-13(9-6-10-16-14)17-12-7-4-2-1-3-5-8-12/h6,9-10,12,17H,1-5,7-8H2. The van der Waals surface area contributed by atoms with Crippen LogP contribution >= 0.6 is 0 Å². The molecule has 0 radical (unpaired) electrons. The van der Waals surface area contributed by atoms with Crippen LogP contribution < -0.4 is 5.32 Å². The molecular weight excluding hydrogens is 210 g/mol. The fourth-order valence-corrected chi connectivity index (χ4v) is 2.43. The molecule has 1 aromatic rings. The Morgan fingerprint density at radius 2 is 1.88 bits per heavy atom. The molecule has 3 nitrogen and oxygen atoms in total. The lowest BCUT2D eigenvalue weighted by molar-refractivity contribution is 0.471. The first kappa shape index (κ1) is 11.9. The molecule has 0 spiro atoms. The van der Waals surface area contributed by atoms with Crippen molar-refractivity contribution in [3.05, 3.63) is 24.0 Å². The third-order valence-corrected chi connectivity index (χ3v) is 3.38. The van der Waals surface area contributed by atoms with Crippen LogP contribution in [0.5, 0.6) is 0 Å². The van der Waals surface area contributed by atoms with Gasteiger partial charge >= 0.3 is 0 Å². The van der Waals surface area contributed by atoms with Crippen molar-refractivity contribution in [2.45, 2.75) is 51.0 Å². The van der Waals surface area contributed by atoms with E-state index in [9.17, 15) is 0 Å². The summed E-state index contributed by atoms with van der Waals surface area (Å²) in [7, 11) is 0. The minimum Gasteiger partial charge on any atom is -0.380 e. The summed E-state index contributed by atoms with van der Waals surface area (Å²) < 4.78 is 0. The van der Waals surface area contributed by atoms with E-state index in [-0.39, 0.29) is 0 Å². The molecule has 1 aromatic heterocycles. The molecule has 0 bridgehead atoms. The Hall–Kier alpha value is -1.56. The average molecular weight is 229 g/mol. The number of aromatic nitrogens is 1. The maximum atomic E-state index is 9.00. The van der Waals surface area contributed by atoms with Gasteiger partial charge in [0.15, 0.2) is 5.69 Å². The first-order valence-corrected chi connectivity index (χ1v) is 6.52. The van der Waals surface area contributed by atoms with Gasteiger partial charge in [0.25, 0.3) is 0 Å². The Morgan fingerprint density at radius 1 is 1.18 bits per heavy atom. The van der Waals surface area contributed by atoms with Crippen molar-refractivity contribution < 1.29 is 0 Å². The van der Waals surface area contributed by atoms with Gasteiger partial charge in [-0.3, -0.25) is 0 Å². The zero-order chi connectivity index (χ0) is 11.9. The molecule has 0 unspecified atom stereocenters. The highest BCUT2D eigenvalue weighted by atomic mass is 14.9. The van der Waals surface area contributed by atoms with E-state index in [1.807, 2.05) is 12.1 Å². The topological polar surface area (TPSA) is 48.7 Å². The third-order valence-electron chi connectivity index (χ3n) is 3.38. The molecule has 3 heteroatoms. The molecule has 1 aliphatic carbocycles. The number of hydrogen-bond acceptors (Lipinski definition) is 3. The lowest BCUT2D eigenvalue weighted by atomic mass is 9.96. The van der Waals surface area contributed by atoms with Crippen molar-refractivity contribution in [3.8, 4) is 6.07 Å². The van der Waals surface area contributed by atoms with E-state index < -0.39 is 0 Å². The summed E-state index contributed by atoms with van der Waals surface area (Å²) in [6.45, 7) is 0. The van der Waals surface area contributed by atoms with Crippen LogP contribution in [0.2, 0.25) is 0 Å². The summed E-state index contributed by atoms with van der Waals surface area (Å²) in [4.78, 5) is 4.08. The number of nitrogens with zero attached hydrogens (tertiary/aromatic N) is 2. The largest absolute Gasteiger partial charge is 0.380 e. The molecule has 0 aromatic carbocycles. The predicted octanol–water partition coefficient (Wildman–Crippen LogP) is 3.48. The van der Waals surface area contributed by atoms with E-state index >= 15 is 0 Å². The molecule has 0 saturated heterocycles. The smallest absolute Gasteiger partial charge is 0.163 e. The van der Waals surface area contributed by atoms with Gasteiger partial charge in [0.05, 0.1) is 5.69 Å². The molecule has 1 fully saturated rings. The summed E-state index contributed by atoms with van der Waals surface area (Å²) >= 11 is 0. The van der Waals surface area contributed by atoms with Crippen LogP contribution in [0.15, 0.2) is 18.3 Å². The van der Waals surface area contributed by atoms with E-state index in [0.29, 0.717) is 11.7 Å². The monoisotopic (exact) mass is 229 g/mol. The third kappa shape index (κ3) is 3.45. The summed E-state index contributed by atoms with van der Waals surface area (Å²) in [5, 5.41) is 12.5. The molecule has 90 valence electrons. The molecule has 0 amide bonds. The second kappa shape index (κ2) is 6.24. The molecular formula is C14H19N3. The van der Waals surface area contributed by atoms with E-state index in [4.69, 9.17) is 5.26 Å². The lowest BCUT2D eigenvalue weighted by Crippen LogP contribution is -2.21. The van der Waals surface area contributed by atoms with E-state index in [0.717, 1.165) is 5.69 Å². The van der Waals surface area contributed by atoms with Gasteiger partial charge in [0.2, 0.25) is 0 Å². The highest BCUT2D eigenvalue weighted by molar-refractivity contribution is 5.53. The van der Waals surface area contributed by atoms with E-state index in [1.54, 1.807) is 6.20 Å². The van der Waals surface area contributed by atoms with Gasteiger partial charge in [0, 0.05) is 12.2 Å². The van der Waals surface area contributed by atoms with Crippen LogP contribution in [0, 0.1) is 11.3 Å². The van der Waals surface area contributed by atoms with Crippen molar-refractivity contribution in [2.75, 3.05) is 5.32 Å². The summed E-state index contributed by atoms with van der Waals surface area (Å²) in [6.07, 6.45) is 10.7. The molecule has 0 aliphatic heterocycles. The SMILES string of the molecule is N#Cc1ncccc1NC1CCCCCCC1. The van der Waals surface area contributed by atoms with Crippen molar-refractivity contribution >= 4 is 5.69 Å². The quantitative estimate of drug-likeness (QED) is 0.844. The zero-order valence-electron chi connectivity index (χ0n) is 10.2. The fraction of sp³-hybridized carbons (Fsp3) is 0.571. The average Bonchev–Trinajstić information content (AvgIpc) is 2.33. The van der Waals surface area contributed by atoms with Crippen LogP contribution in [0.3, 0.4) is 0 Å². The van der Waals surface area contributed by atoms with Gasteiger partial charge in [-0.25, -0.2) is 4.98 Å². The van der Waals surface area contributed by atoms with Gasteiger partial charge in [-0.05, 0) is 25.0 Å². The minimum absolute atomic E-state index is 0.506. The number of nitrogens with one attached hydrogen (secondary N) is 1. The van der Waals surface area contributed by atoms with Gasteiger partial charge < -0.3 is 5.32 Å². The second-order valence-electron chi connectivity index (χ2n) is 4.70. The molecule has 1 N–H and O–H groups in total. The molecule has 17 heavy (non-hydrogen) atoms. The van der Waals surface area contributed by atoms with Crippen LogP contribution in [0.4, 0.5) is 5.69 Å². The Bertz CT molecular complexity index is 387. The minimum atomic E-state index is 0.506. The Kier molecular flexibility index (Phi) is 4.37. The predicted molar refractivity (Wildman–Crippen MR) is 68.7 cm³/mol. The molecule has 1 saturated carbocycles. The zero-order valence-corrected chi connectivity index (χ0v) is 10.2. The normalized spacial score (nSPS) is 17.8. The number of nitriles is 1. The van der Waals surface area contributed by atoms with Gasteiger partial charge in [0.1, 0.15) is 6.07 Å². The van der Waals surface area contributed by atoms with Gasteiger partial charge in [-0.2, -0.15) is 5.26 Å². The summed E-state index contributed by atoms with van der Waals surface area (Å²) in [5.41, 5.74) is 1.40. The number of rotatable bonds is 2. The van der Waals surface area contributed by atoms with E-state index in [1.165, 1.54) is 44.9 Å². The number of pyridine rings is 1. The van der Waals surface area contributed by atoms with E-state index in [2.05, 4.69) is 16.4 Å². The first-order valence-electron chi connectivity index (χ1n) is 6.52. The summed E-state index contributed by atoms with van der Waals surface area (Å²) in [5.74, 6) is 0. The molecule has 1 heterocycles. The van der Waals surface area contributed by atoms with Crippen molar-refractivity contribution in [3.63, 3.8) is 0 Å². The van der Waals surface area contributed by atoms with Crippen LogP contribution in [0.1, 0.15) is 50.6 Å². The van der Waals surface area contributed by atoms with Gasteiger partial charge in [-0.15, -0.1) is 0 Å². The Balaban J connectivity index is 2.01. The van der Waals surface area contributed by atoms with Crippen LogP contribution in [-0.4, -0.2) is 11.0 Å². The lowest BCUT2D eigenvalue weighted by Gasteiger charge is -2.22. The van der Waals surface area contributed by atoms with Gasteiger partial charge in [-0.1, -0.05) is 32.1 Å². The second-order valence-corrected chi connectivity index (χ2v) is 4.70. The highest BCUT2D eigenvalue weighted by Crippen LogP contribution is 2.21. The summed E-state index contributed by atoms with van der Waals surface area (Å²) in [6, 6.07) is 6.48. The first-order chi connectivity index (χ1) is 8.40. The van der Waals surface area contributed by atoms with Crippen molar-refractivity contribution in [1.29, 1.82) is 5.26 Å². The number of anilines is 1. The number of hydrogen-bond donors (Lipinski definition) is 1. The molecule has 0 atom stereocenters. The highest BCUT2D eigenvalue weighted by Gasteiger charge is 2.12. The Labute approximate surface area is 103 Å². The van der Waals surface area contributed by atoms with Crippen LogP contribution in [-0.2, 0) is 0 Å². The maximum absolute atomic E-state index is 9.00. The van der Waals surface area contributed by atoms with Crippen LogP contribution in [0.25, 0.3) is 0 Å². The molecule has 1 aliphatic rings. The Morgan fingerprint density at radius 3 is 2.59 bits per heavy atom. The van der Waals surface area contributed by atoms with Crippen molar-refractivity contribution in [1.82, 2.24) is 4.98 Å². The fourth-order valence-electron chi connectivity index (χ4n) is 2.43.